The quantitative estimate of drug-likeness (QED) is 0.124. The third-order valence-corrected chi connectivity index (χ3v) is 10.3. The molecule has 0 aliphatic carbocycles. The van der Waals surface area contributed by atoms with Gasteiger partial charge in [0.2, 0.25) is 0 Å². The fourth-order valence-corrected chi connectivity index (χ4v) is 8.38. The van der Waals surface area contributed by atoms with Crippen molar-refractivity contribution >= 4 is 30.9 Å². The van der Waals surface area contributed by atoms with E-state index in [2.05, 4.69) is 75.9 Å². The second-order valence-electron chi connectivity index (χ2n) is 5.76. The number of alkyl halides is 1. The largest absolute Gasteiger partial charge is 0.542 e. The Bertz CT molecular complexity index is 256. The van der Waals surface area contributed by atoms with Crippen molar-refractivity contribution in [1.29, 1.82) is 0 Å². The van der Waals surface area contributed by atoms with Crippen molar-refractivity contribution in [1.82, 2.24) is 0 Å². The van der Waals surface area contributed by atoms with Gasteiger partial charge in [-0.15, -0.1) is 0 Å². The molecule has 0 aromatic heterocycles. The van der Waals surface area contributed by atoms with Crippen molar-refractivity contribution < 1.29 is 4.43 Å². The van der Waals surface area contributed by atoms with E-state index in [-0.39, 0.29) is 0 Å². The van der Waals surface area contributed by atoms with Gasteiger partial charge in [0, 0.05) is 0 Å². The van der Waals surface area contributed by atoms with Crippen LogP contribution < -0.4 is 0 Å². The van der Waals surface area contributed by atoms with Crippen LogP contribution in [0.4, 0.5) is 0 Å². The van der Waals surface area contributed by atoms with E-state index < -0.39 is 8.32 Å². The molecular weight excluding hydrogens is 351 g/mol. The molecule has 0 aliphatic rings. The molecular formula is C15H29IOSi. The van der Waals surface area contributed by atoms with E-state index in [1.807, 2.05) is 6.26 Å². The standard InChI is InChI=1S/C15H29IOSi/c1-13(2)18(14(3)4,15(5)6)17-12-10-8-7-9-11-16/h8,12-15H,7,9,11H2,1-6H3. The molecule has 0 fully saturated rings. The first-order valence-corrected chi connectivity index (χ1v) is 10.7. The summed E-state index contributed by atoms with van der Waals surface area (Å²) in [6.07, 6.45) is 6.25. The summed E-state index contributed by atoms with van der Waals surface area (Å²) in [6, 6.07) is 0. The number of rotatable bonds is 8. The Labute approximate surface area is 128 Å². The summed E-state index contributed by atoms with van der Waals surface area (Å²) in [6.45, 7) is 13.8. The zero-order valence-electron chi connectivity index (χ0n) is 12.8. The molecule has 0 aromatic rings. The molecule has 0 amide bonds. The molecule has 0 bridgehead atoms. The van der Waals surface area contributed by atoms with Crippen LogP contribution in [0.2, 0.25) is 16.6 Å². The molecule has 0 saturated heterocycles. The van der Waals surface area contributed by atoms with Gasteiger partial charge in [-0.05, 0) is 40.0 Å². The molecule has 0 atom stereocenters. The molecule has 0 N–H and O–H groups in total. The minimum Gasteiger partial charge on any atom is -0.542 e. The van der Waals surface area contributed by atoms with Crippen LogP contribution in [0.25, 0.3) is 0 Å². The van der Waals surface area contributed by atoms with Crippen LogP contribution in [0, 0.1) is 0 Å². The normalized spacial score (nSPS) is 11.9. The molecule has 0 saturated carbocycles. The topological polar surface area (TPSA) is 9.23 Å². The van der Waals surface area contributed by atoms with E-state index in [1.54, 1.807) is 0 Å². The van der Waals surface area contributed by atoms with Gasteiger partial charge >= 0.3 is 0 Å². The number of halogens is 1. The van der Waals surface area contributed by atoms with E-state index in [4.69, 9.17) is 4.43 Å². The smallest absolute Gasteiger partial charge is 0.258 e. The lowest BCUT2D eigenvalue weighted by molar-refractivity contribution is 0.417. The Morgan fingerprint density at radius 2 is 1.56 bits per heavy atom. The van der Waals surface area contributed by atoms with Crippen LogP contribution in [-0.4, -0.2) is 12.7 Å². The third kappa shape index (κ3) is 5.10. The van der Waals surface area contributed by atoms with Crippen LogP contribution in [0.3, 0.4) is 0 Å². The Kier molecular flexibility index (Phi) is 9.35. The molecule has 0 spiro atoms. The zero-order valence-corrected chi connectivity index (χ0v) is 16.0. The maximum Gasteiger partial charge on any atom is 0.258 e. The Morgan fingerprint density at radius 3 is 1.94 bits per heavy atom. The Morgan fingerprint density at radius 1 is 1.06 bits per heavy atom. The second kappa shape index (κ2) is 9.22. The monoisotopic (exact) mass is 380 g/mol. The van der Waals surface area contributed by atoms with Gasteiger partial charge < -0.3 is 4.43 Å². The lowest BCUT2D eigenvalue weighted by atomic mass is 10.3. The lowest BCUT2D eigenvalue weighted by Crippen LogP contribution is -2.46. The highest BCUT2D eigenvalue weighted by molar-refractivity contribution is 14.1. The van der Waals surface area contributed by atoms with E-state index in [0.717, 1.165) is 6.42 Å². The number of unbranched alkanes of at least 4 members (excludes halogenated alkanes) is 1. The van der Waals surface area contributed by atoms with Gasteiger partial charge in [-0.1, -0.05) is 69.9 Å². The number of hydrogen-bond acceptors (Lipinski definition) is 1. The van der Waals surface area contributed by atoms with Gasteiger partial charge in [0.05, 0.1) is 0 Å². The van der Waals surface area contributed by atoms with Gasteiger partial charge in [-0.25, -0.2) is 0 Å². The summed E-state index contributed by atoms with van der Waals surface area (Å²) < 4.78 is 7.47. The van der Waals surface area contributed by atoms with Crippen molar-refractivity contribution in [3.05, 3.63) is 18.1 Å². The van der Waals surface area contributed by atoms with E-state index >= 15 is 0 Å². The summed E-state index contributed by atoms with van der Waals surface area (Å²) in [4.78, 5) is 0. The minimum absolute atomic E-state index is 0.630. The van der Waals surface area contributed by atoms with Crippen molar-refractivity contribution in [2.75, 3.05) is 4.43 Å². The summed E-state index contributed by atoms with van der Waals surface area (Å²) in [7, 11) is -1.74. The van der Waals surface area contributed by atoms with E-state index in [9.17, 15) is 0 Å². The highest BCUT2D eigenvalue weighted by atomic mass is 127. The predicted octanol–water partition coefficient (Wildman–Crippen LogP) is 6.06. The first-order chi connectivity index (χ1) is 8.39. The average molecular weight is 380 g/mol. The van der Waals surface area contributed by atoms with Crippen molar-refractivity contribution in [2.45, 2.75) is 71.0 Å². The summed E-state index contributed by atoms with van der Waals surface area (Å²) in [5, 5.41) is 0. The van der Waals surface area contributed by atoms with Gasteiger partial charge in [0.1, 0.15) is 6.26 Å². The summed E-state index contributed by atoms with van der Waals surface area (Å²) in [5.41, 5.74) is 5.09. The highest BCUT2D eigenvalue weighted by Gasteiger charge is 2.46. The molecule has 1 nitrogen and oxygen atoms in total. The van der Waals surface area contributed by atoms with Crippen molar-refractivity contribution in [2.24, 2.45) is 0 Å². The molecule has 106 valence electrons. The molecule has 0 unspecified atom stereocenters. The minimum atomic E-state index is -1.74. The van der Waals surface area contributed by atoms with Crippen LogP contribution in [0.5, 0.6) is 0 Å². The Balaban J connectivity index is 4.76. The molecule has 18 heavy (non-hydrogen) atoms. The highest BCUT2D eigenvalue weighted by Crippen LogP contribution is 2.42. The molecule has 0 rings (SSSR count). The van der Waals surface area contributed by atoms with Crippen molar-refractivity contribution in [3.63, 3.8) is 0 Å². The molecule has 0 heterocycles. The van der Waals surface area contributed by atoms with Crippen LogP contribution >= 0.6 is 22.6 Å². The van der Waals surface area contributed by atoms with Crippen molar-refractivity contribution in [3.8, 4) is 0 Å². The first kappa shape index (κ1) is 18.3. The van der Waals surface area contributed by atoms with Gasteiger partial charge in [0.15, 0.2) is 0 Å². The van der Waals surface area contributed by atoms with Crippen LogP contribution in [0.1, 0.15) is 54.4 Å². The number of hydrogen-bond donors (Lipinski definition) is 0. The maximum atomic E-state index is 6.26. The summed E-state index contributed by atoms with van der Waals surface area (Å²) >= 11 is 2.40. The van der Waals surface area contributed by atoms with E-state index in [0.29, 0.717) is 16.6 Å². The third-order valence-electron chi connectivity index (χ3n) is 3.64. The van der Waals surface area contributed by atoms with Gasteiger partial charge in [0.25, 0.3) is 8.32 Å². The Hall–Kier alpha value is 0.267. The van der Waals surface area contributed by atoms with Crippen LogP contribution in [-0.2, 0) is 4.43 Å². The summed E-state index contributed by atoms with van der Waals surface area (Å²) in [5.74, 6) is 0. The molecule has 3 heteroatoms. The predicted molar refractivity (Wildman–Crippen MR) is 92.9 cm³/mol. The zero-order chi connectivity index (χ0) is 14.2. The molecule has 0 aliphatic heterocycles. The lowest BCUT2D eigenvalue weighted by Gasteiger charge is -2.40. The van der Waals surface area contributed by atoms with Gasteiger partial charge in [-0.2, -0.15) is 0 Å². The second-order valence-corrected chi connectivity index (χ2v) is 12.2. The molecule has 0 aromatic carbocycles. The van der Waals surface area contributed by atoms with Gasteiger partial charge in [-0.3, -0.25) is 0 Å². The fraction of sp³-hybridized carbons (Fsp3) is 0.800. The fourth-order valence-electron chi connectivity index (χ4n) is 2.85. The first-order valence-electron chi connectivity index (χ1n) is 7.02. The van der Waals surface area contributed by atoms with Crippen LogP contribution in [0.15, 0.2) is 18.1 Å². The number of allylic oxidation sites excluding steroid dienone is 1. The van der Waals surface area contributed by atoms with E-state index in [1.165, 1.54) is 10.8 Å². The molecule has 0 radical (unpaired) electrons. The maximum absolute atomic E-state index is 6.26. The average Bonchev–Trinajstić information content (AvgIpc) is 2.26. The SMILES string of the molecule is CC(C)[Si](OC=C=CCCCI)(C(C)C)C(C)C.